The molecule has 0 nitrogen and oxygen atoms in total. The van der Waals surface area contributed by atoms with Gasteiger partial charge in [0.05, 0.1) is 0 Å². The molecule has 0 aliphatic rings. The molecular weight excluding hydrogens is 323 g/mol. The SMILES string of the molecule is CC.CC(C)(C)c1ccccc1Cl.CC(C)c1cccc(Cl)c1. The molecule has 2 aromatic rings. The van der Waals surface area contributed by atoms with Gasteiger partial charge in [-0.25, -0.2) is 0 Å². The highest BCUT2D eigenvalue weighted by Crippen LogP contribution is 2.28. The van der Waals surface area contributed by atoms with Crippen LogP contribution in [0.2, 0.25) is 10.0 Å². The molecule has 128 valence electrons. The van der Waals surface area contributed by atoms with Crippen molar-refractivity contribution < 1.29 is 0 Å². The molecule has 0 saturated heterocycles. The fourth-order valence-corrected chi connectivity index (χ4v) is 2.55. The second kappa shape index (κ2) is 10.7. The summed E-state index contributed by atoms with van der Waals surface area (Å²) in [6, 6.07) is 16.0. The predicted molar refractivity (Wildman–Crippen MR) is 107 cm³/mol. The lowest BCUT2D eigenvalue weighted by atomic mass is 9.87. The number of rotatable bonds is 1. The quantitative estimate of drug-likeness (QED) is 0.485. The van der Waals surface area contributed by atoms with Gasteiger partial charge in [-0.15, -0.1) is 0 Å². The molecule has 2 heteroatoms. The van der Waals surface area contributed by atoms with Crippen molar-refractivity contribution in [1.82, 2.24) is 0 Å². The van der Waals surface area contributed by atoms with Crippen molar-refractivity contribution in [3.63, 3.8) is 0 Å². The molecule has 0 aliphatic carbocycles. The first-order chi connectivity index (χ1) is 10.7. The van der Waals surface area contributed by atoms with Gasteiger partial charge >= 0.3 is 0 Å². The van der Waals surface area contributed by atoms with Gasteiger partial charge in [-0.2, -0.15) is 0 Å². The molecular formula is C21H30Cl2. The Hall–Kier alpha value is -0.980. The zero-order valence-electron chi connectivity index (χ0n) is 15.5. The maximum atomic E-state index is 6.01. The Morgan fingerprint density at radius 3 is 1.74 bits per heavy atom. The highest BCUT2D eigenvalue weighted by atomic mass is 35.5. The van der Waals surface area contributed by atoms with E-state index in [-0.39, 0.29) is 5.41 Å². The highest BCUT2D eigenvalue weighted by Gasteiger charge is 2.15. The molecule has 0 fully saturated rings. The summed E-state index contributed by atoms with van der Waals surface area (Å²) in [6.45, 7) is 14.8. The summed E-state index contributed by atoms with van der Waals surface area (Å²) < 4.78 is 0. The van der Waals surface area contributed by atoms with Crippen molar-refractivity contribution in [3.05, 3.63) is 69.7 Å². The first-order valence-corrected chi connectivity index (χ1v) is 8.98. The molecule has 0 bridgehead atoms. The van der Waals surface area contributed by atoms with E-state index >= 15 is 0 Å². The number of halogens is 2. The van der Waals surface area contributed by atoms with E-state index < -0.39 is 0 Å². The molecule has 0 amide bonds. The van der Waals surface area contributed by atoms with E-state index in [1.165, 1.54) is 11.1 Å². The van der Waals surface area contributed by atoms with Crippen LogP contribution < -0.4 is 0 Å². The van der Waals surface area contributed by atoms with Crippen molar-refractivity contribution in [2.75, 3.05) is 0 Å². The molecule has 0 aliphatic heterocycles. The molecule has 0 aromatic heterocycles. The van der Waals surface area contributed by atoms with Gasteiger partial charge in [-0.05, 0) is 40.7 Å². The summed E-state index contributed by atoms with van der Waals surface area (Å²) in [6.07, 6.45) is 0. The monoisotopic (exact) mass is 352 g/mol. The van der Waals surface area contributed by atoms with Crippen molar-refractivity contribution in [1.29, 1.82) is 0 Å². The second-order valence-corrected chi connectivity index (χ2v) is 7.28. The molecule has 0 radical (unpaired) electrons. The van der Waals surface area contributed by atoms with E-state index in [0.29, 0.717) is 5.92 Å². The van der Waals surface area contributed by atoms with E-state index in [0.717, 1.165) is 10.0 Å². The molecule has 0 atom stereocenters. The Kier molecular flexibility index (Phi) is 10.3. The normalized spacial score (nSPS) is 10.3. The van der Waals surface area contributed by atoms with Crippen LogP contribution in [-0.4, -0.2) is 0 Å². The highest BCUT2D eigenvalue weighted by molar-refractivity contribution is 6.31. The average molecular weight is 353 g/mol. The minimum Gasteiger partial charge on any atom is -0.0843 e. The van der Waals surface area contributed by atoms with Gasteiger partial charge in [0.1, 0.15) is 0 Å². The Balaban J connectivity index is 0.000000381. The largest absolute Gasteiger partial charge is 0.0843 e. The van der Waals surface area contributed by atoms with Crippen LogP contribution in [0.15, 0.2) is 48.5 Å². The topological polar surface area (TPSA) is 0 Å². The van der Waals surface area contributed by atoms with Crippen molar-refractivity contribution in [3.8, 4) is 0 Å². The van der Waals surface area contributed by atoms with Crippen LogP contribution in [-0.2, 0) is 5.41 Å². The molecule has 23 heavy (non-hydrogen) atoms. The minimum atomic E-state index is 0.151. The van der Waals surface area contributed by atoms with Crippen molar-refractivity contribution in [2.24, 2.45) is 0 Å². The zero-order chi connectivity index (χ0) is 18.0. The summed E-state index contributed by atoms with van der Waals surface area (Å²) in [4.78, 5) is 0. The fourth-order valence-electron chi connectivity index (χ4n) is 1.94. The predicted octanol–water partition coefficient (Wildman–Crippen LogP) is 8.13. The number of hydrogen-bond donors (Lipinski definition) is 0. The van der Waals surface area contributed by atoms with E-state index in [4.69, 9.17) is 23.2 Å². The molecule has 0 unspecified atom stereocenters. The summed E-state index contributed by atoms with van der Waals surface area (Å²) in [5.74, 6) is 0.568. The van der Waals surface area contributed by atoms with Gasteiger partial charge in [0.25, 0.3) is 0 Å². The van der Waals surface area contributed by atoms with Crippen LogP contribution in [0.5, 0.6) is 0 Å². The van der Waals surface area contributed by atoms with Crippen LogP contribution in [0, 0.1) is 0 Å². The third-order valence-electron chi connectivity index (χ3n) is 3.20. The van der Waals surface area contributed by atoms with E-state index in [2.05, 4.69) is 46.8 Å². The maximum Gasteiger partial charge on any atom is 0.0443 e. The van der Waals surface area contributed by atoms with Crippen LogP contribution in [0.3, 0.4) is 0 Å². The van der Waals surface area contributed by atoms with E-state index in [1.54, 1.807) is 0 Å². The molecule has 2 aromatic carbocycles. The summed E-state index contributed by atoms with van der Waals surface area (Å²) in [5.41, 5.74) is 2.66. The molecule has 0 saturated carbocycles. The van der Waals surface area contributed by atoms with Crippen molar-refractivity contribution >= 4 is 23.2 Å². The van der Waals surface area contributed by atoms with E-state index in [1.807, 2.05) is 50.2 Å². The fraction of sp³-hybridized carbons (Fsp3) is 0.429. The third kappa shape index (κ3) is 8.44. The lowest BCUT2D eigenvalue weighted by molar-refractivity contribution is 0.590. The first-order valence-electron chi connectivity index (χ1n) is 8.22. The van der Waals surface area contributed by atoms with Crippen LogP contribution in [0.1, 0.15) is 65.5 Å². The Bertz CT molecular complexity index is 566. The van der Waals surface area contributed by atoms with Crippen molar-refractivity contribution in [2.45, 2.75) is 59.8 Å². The lowest BCUT2D eigenvalue weighted by Gasteiger charge is -2.19. The van der Waals surface area contributed by atoms with Gasteiger partial charge in [0.2, 0.25) is 0 Å². The lowest BCUT2D eigenvalue weighted by Crippen LogP contribution is -2.11. The van der Waals surface area contributed by atoms with Crippen LogP contribution in [0.25, 0.3) is 0 Å². The van der Waals surface area contributed by atoms with Gasteiger partial charge in [-0.1, -0.05) is 102 Å². The molecule has 0 heterocycles. The zero-order valence-corrected chi connectivity index (χ0v) is 17.0. The smallest absolute Gasteiger partial charge is 0.0443 e. The molecule has 0 N–H and O–H groups in total. The Morgan fingerprint density at radius 2 is 1.39 bits per heavy atom. The van der Waals surface area contributed by atoms with Gasteiger partial charge in [-0.3, -0.25) is 0 Å². The molecule has 0 spiro atoms. The maximum absolute atomic E-state index is 6.01. The molecule has 2 rings (SSSR count). The standard InChI is InChI=1S/C10H13Cl.C9H11Cl.C2H6/c1-10(2,3)8-6-4-5-7-9(8)11;1-7(2)8-4-3-5-9(10)6-8;1-2/h4-7H,1-3H3;3-7H,1-2H3;1-2H3. The Morgan fingerprint density at radius 1 is 0.826 bits per heavy atom. The number of benzene rings is 2. The van der Waals surface area contributed by atoms with Gasteiger partial charge in [0.15, 0.2) is 0 Å². The second-order valence-electron chi connectivity index (χ2n) is 6.44. The third-order valence-corrected chi connectivity index (χ3v) is 3.76. The van der Waals surface area contributed by atoms with E-state index in [9.17, 15) is 0 Å². The number of hydrogen-bond acceptors (Lipinski definition) is 0. The Labute approximate surface area is 152 Å². The first kappa shape index (κ1) is 22.0. The minimum absolute atomic E-state index is 0.151. The summed E-state index contributed by atoms with van der Waals surface area (Å²) >= 11 is 11.8. The van der Waals surface area contributed by atoms with Crippen LogP contribution in [0.4, 0.5) is 0 Å². The summed E-state index contributed by atoms with van der Waals surface area (Å²) in [5, 5.41) is 1.69. The summed E-state index contributed by atoms with van der Waals surface area (Å²) in [7, 11) is 0. The average Bonchev–Trinajstić information content (AvgIpc) is 2.49. The van der Waals surface area contributed by atoms with Gasteiger partial charge < -0.3 is 0 Å². The van der Waals surface area contributed by atoms with Gasteiger partial charge in [0, 0.05) is 10.0 Å². The van der Waals surface area contributed by atoms with Crippen LogP contribution >= 0.6 is 23.2 Å².